The molecule has 1 rings (SSSR count). The van der Waals surface area contributed by atoms with E-state index < -0.39 is 0 Å². The van der Waals surface area contributed by atoms with E-state index in [1.807, 2.05) is 13.8 Å². The number of ether oxygens (including phenoxy) is 2. The predicted octanol–water partition coefficient (Wildman–Crippen LogP) is 2.60. The van der Waals surface area contributed by atoms with Crippen LogP contribution in [0, 0.1) is 16.7 Å². The van der Waals surface area contributed by atoms with Crippen molar-refractivity contribution in [2.24, 2.45) is 5.41 Å². The number of hydrogen-bond donors (Lipinski definition) is 1. The molecule has 0 radical (unpaired) electrons. The number of nitrogens with zero attached hydrogens (tertiary/aromatic N) is 1. The Morgan fingerprint density at radius 2 is 2.06 bits per heavy atom. The van der Waals surface area contributed by atoms with Gasteiger partial charge in [0.25, 0.3) is 0 Å². The average Bonchev–Trinajstić information content (AvgIpc) is 2.29. The van der Waals surface area contributed by atoms with Crippen LogP contribution in [-0.2, 0) is 0 Å². The zero-order valence-electron chi connectivity index (χ0n) is 10.5. The van der Waals surface area contributed by atoms with Gasteiger partial charge in [0.05, 0.1) is 25.2 Å². The minimum absolute atomic E-state index is 0.381. The summed E-state index contributed by atoms with van der Waals surface area (Å²) in [6.07, 6.45) is 0.654. The van der Waals surface area contributed by atoms with Crippen molar-refractivity contribution >= 4 is 5.69 Å². The van der Waals surface area contributed by atoms with Gasteiger partial charge in [0.1, 0.15) is 0 Å². The fourth-order valence-electron chi connectivity index (χ4n) is 1.28. The maximum atomic E-state index is 8.89. The van der Waals surface area contributed by atoms with Gasteiger partial charge in [-0.15, -0.1) is 0 Å². The first-order valence-corrected chi connectivity index (χ1v) is 5.46. The molecule has 17 heavy (non-hydrogen) atoms. The minimum Gasteiger partial charge on any atom is -0.493 e. The van der Waals surface area contributed by atoms with Crippen LogP contribution in [0.2, 0.25) is 0 Å². The van der Waals surface area contributed by atoms with Crippen molar-refractivity contribution < 1.29 is 9.47 Å². The molecule has 0 saturated heterocycles. The van der Waals surface area contributed by atoms with E-state index >= 15 is 0 Å². The third kappa shape index (κ3) is 3.87. The molecule has 0 atom stereocenters. The third-order valence-corrected chi connectivity index (χ3v) is 2.47. The zero-order chi connectivity index (χ0) is 12.9. The van der Waals surface area contributed by atoms with Crippen molar-refractivity contribution in [1.82, 2.24) is 0 Å². The summed E-state index contributed by atoms with van der Waals surface area (Å²) in [5.74, 6) is 1.26. The Labute approximate surface area is 102 Å². The maximum Gasteiger partial charge on any atom is 0.163 e. The average molecular weight is 234 g/mol. The van der Waals surface area contributed by atoms with Gasteiger partial charge < -0.3 is 15.2 Å². The van der Waals surface area contributed by atoms with Gasteiger partial charge in [0.15, 0.2) is 11.5 Å². The van der Waals surface area contributed by atoms with Crippen molar-refractivity contribution in [3.05, 3.63) is 18.2 Å². The minimum atomic E-state index is -0.381. The van der Waals surface area contributed by atoms with E-state index in [1.54, 1.807) is 25.3 Å². The molecule has 0 fully saturated rings. The monoisotopic (exact) mass is 234 g/mol. The van der Waals surface area contributed by atoms with Crippen molar-refractivity contribution in [1.29, 1.82) is 5.26 Å². The molecule has 2 N–H and O–H groups in total. The van der Waals surface area contributed by atoms with Crippen molar-refractivity contribution in [3.8, 4) is 17.6 Å². The fourth-order valence-corrected chi connectivity index (χ4v) is 1.28. The summed E-state index contributed by atoms with van der Waals surface area (Å²) < 4.78 is 10.8. The Kier molecular flexibility index (Phi) is 4.22. The van der Waals surface area contributed by atoms with Gasteiger partial charge in [-0.05, 0) is 32.4 Å². The molecule has 0 unspecified atom stereocenters. The van der Waals surface area contributed by atoms with Gasteiger partial charge in [-0.2, -0.15) is 5.26 Å². The van der Waals surface area contributed by atoms with Gasteiger partial charge in [-0.3, -0.25) is 0 Å². The fraction of sp³-hybridized carbons (Fsp3) is 0.462. The Morgan fingerprint density at radius 3 is 2.65 bits per heavy atom. The van der Waals surface area contributed by atoms with E-state index in [4.69, 9.17) is 20.5 Å². The molecule has 1 aromatic rings. The molecule has 0 aliphatic rings. The highest BCUT2D eigenvalue weighted by atomic mass is 16.5. The van der Waals surface area contributed by atoms with E-state index in [0.717, 1.165) is 0 Å². The highest BCUT2D eigenvalue weighted by Crippen LogP contribution is 2.30. The van der Waals surface area contributed by atoms with Crippen LogP contribution in [0.3, 0.4) is 0 Å². The van der Waals surface area contributed by atoms with Gasteiger partial charge in [0.2, 0.25) is 0 Å². The quantitative estimate of drug-likeness (QED) is 0.795. The van der Waals surface area contributed by atoms with Crippen molar-refractivity contribution in [3.63, 3.8) is 0 Å². The number of hydrogen-bond acceptors (Lipinski definition) is 4. The third-order valence-electron chi connectivity index (χ3n) is 2.47. The Balaban J connectivity index is 2.63. The highest BCUT2D eigenvalue weighted by Gasteiger charge is 2.16. The number of anilines is 1. The molecular weight excluding hydrogens is 216 g/mol. The van der Waals surface area contributed by atoms with Crippen LogP contribution in [0.25, 0.3) is 0 Å². The summed E-state index contributed by atoms with van der Waals surface area (Å²) in [4.78, 5) is 0. The van der Waals surface area contributed by atoms with Crippen LogP contribution in [0.5, 0.6) is 11.5 Å². The molecule has 1 aromatic carbocycles. The predicted molar refractivity (Wildman–Crippen MR) is 66.9 cm³/mol. The number of nitrogens with two attached hydrogens (primary N) is 1. The maximum absolute atomic E-state index is 8.89. The van der Waals surface area contributed by atoms with Crippen molar-refractivity contribution in [2.75, 3.05) is 19.5 Å². The molecular formula is C13H18N2O2. The second kappa shape index (κ2) is 5.44. The Bertz CT molecular complexity index is 422. The first kappa shape index (κ1) is 13.2. The molecule has 0 spiro atoms. The summed E-state index contributed by atoms with van der Waals surface area (Å²) in [5, 5.41) is 8.89. The number of rotatable bonds is 5. The van der Waals surface area contributed by atoms with Gasteiger partial charge in [-0.25, -0.2) is 0 Å². The summed E-state index contributed by atoms with van der Waals surface area (Å²) in [7, 11) is 1.58. The zero-order valence-corrected chi connectivity index (χ0v) is 10.5. The number of benzene rings is 1. The lowest BCUT2D eigenvalue weighted by Crippen LogP contribution is -2.13. The van der Waals surface area contributed by atoms with E-state index in [-0.39, 0.29) is 5.41 Å². The number of nitrogen functional groups attached to an aromatic ring is 1. The Morgan fingerprint density at radius 1 is 1.35 bits per heavy atom. The van der Waals surface area contributed by atoms with Gasteiger partial charge in [-0.1, -0.05) is 0 Å². The SMILES string of the molecule is COc1ccc(N)cc1OCCC(C)(C)C#N. The molecule has 4 nitrogen and oxygen atoms in total. The largest absolute Gasteiger partial charge is 0.493 e. The van der Waals surface area contributed by atoms with Gasteiger partial charge >= 0.3 is 0 Å². The second-order valence-corrected chi connectivity index (χ2v) is 4.50. The topological polar surface area (TPSA) is 68.3 Å². The molecule has 92 valence electrons. The van der Waals surface area contributed by atoms with E-state index in [0.29, 0.717) is 30.2 Å². The number of methoxy groups -OCH3 is 1. The van der Waals surface area contributed by atoms with Crippen LogP contribution >= 0.6 is 0 Å². The summed E-state index contributed by atoms with van der Waals surface area (Å²) in [6.45, 7) is 4.22. The molecule has 0 saturated carbocycles. The normalized spacial score (nSPS) is 10.7. The van der Waals surface area contributed by atoms with Crippen LogP contribution < -0.4 is 15.2 Å². The Hall–Kier alpha value is -1.89. The summed E-state index contributed by atoms with van der Waals surface area (Å²) >= 11 is 0. The molecule has 0 aliphatic heterocycles. The van der Waals surface area contributed by atoms with Crippen LogP contribution in [-0.4, -0.2) is 13.7 Å². The summed E-state index contributed by atoms with van der Waals surface area (Å²) in [6, 6.07) is 7.47. The van der Waals surface area contributed by atoms with Crippen LogP contribution in [0.15, 0.2) is 18.2 Å². The van der Waals surface area contributed by atoms with E-state index in [1.165, 1.54) is 0 Å². The lowest BCUT2D eigenvalue weighted by atomic mass is 9.92. The van der Waals surface area contributed by atoms with Crippen LogP contribution in [0.1, 0.15) is 20.3 Å². The second-order valence-electron chi connectivity index (χ2n) is 4.50. The number of nitriles is 1. The standard InChI is InChI=1S/C13H18N2O2/c1-13(2,9-14)6-7-17-12-8-10(15)4-5-11(12)16-3/h4-5,8H,6-7,15H2,1-3H3. The van der Waals surface area contributed by atoms with E-state index in [9.17, 15) is 0 Å². The highest BCUT2D eigenvalue weighted by molar-refractivity contribution is 5.51. The molecule has 4 heteroatoms. The molecule has 0 bridgehead atoms. The van der Waals surface area contributed by atoms with Crippen LogP contribution in [0.4, 0.5) is 5.69 Å². The first-order valence-electron chi connectivity index (χ1n) is 5.46. The lowest BCUT2D eigenvalue weighted by Gasteiger charge is -2.16. The van der Waals surface area contributed by atoms with Crippen molar-refractivity contribution in [2.45, 2.75) is 20.3 Å². The first-order chi connectivity index (χ1) is 7.98. The molecule has 0 aromatic heterocycles. The lowest BCUT2D eigenvalue weighted by molar-refractivity contribution is 0.253. The molecule has 0 aliphatic carbocycles. The summed E-state index contributed by atoms with van der Waals surface area (Å²) in [5.41, 5.74) is 5.92. The van der Waals surface area contributed by atoms with E-state index in [2.05, 4.69) is 6.07 Å². The molecule has 0 amide bonds. The van der Waals surface area contributed by atoms with Gasteiger partial charge in [0, 0.05) is 11.8 Å². The molecule has 0 heterocycles. The smallest absolute Gasteiger partial charge is 0.163 e.